The topological polar surface area (TPSA) is 94.3 Å². The highest BCUT2D eigenvalue weighted by Gasteiger charge is 2.10. The standard InChI is InChI=1S/C13H12FN3O3S/c14-9-3-1-2-4-10(9)20-6-12(19)17-13-16-8(7-21-13)5-11(15)18/h1-4,7H,5-6H2,(H2,15,18)(H,16,17,19). The van der Waals surface area contributed by atoms with Crippen LogP contribution in [-0.2, 0) is 16.0 Å². The minimum Gasteiger partial charge on any atom is -0.481 e. The lowest BCUT2D eigenvalue weighted by molar-refractivity contribution is -0.118. The predicted molar refractivity (Wildman–Crippen MR) is 75.5 cm³/mol. The predicted octanol–water partition coefficient (Wildman–Crippen LogP) is 1.33. The summed E-state index contributed by atoms with van der Waals surface area (Å²) in [6.45, 7) is -0.342. The largest absolute Gasteiger partial charge is 0.481 e. The number of hydrogen-bond donors (Lipinski definition) is 2. The molecule has 0 aliphatic carbocycles. The lowest BCUT2D eigenvalue weighted by Crippen LogP contribution is -2.20. The summed E-state index contributed by atoms with van der Waals surface area (Å²) in [5.74, 6) is -1.51. The van der Waals surface area contributed by atoms with Gasteiger partial charge in [-0.1, -0.05) is 12.1 Å². The van der Waals surface area contributed by atoms with E-state index in [0.29, 0.717) is 10.8 Å². The maximum atomic E-state index is 13.3. The third-order valence-corrected chi connectivity index (χ3v) is 3.16. The number of para-hydroxylation sites is 1. The van der Waals surface area contributed by atoms with E-state index < -0.39 is 17.6 Å². The molecule has 0 spiro atoms. The molecule has 21 heavy (non-hydrogen) atoms. The number of nitrogens with two attached hydrogens (primary N) is 1. The molecule has 1 aromatic carbocycles. The molecule has 0 unspecified atom stereocenters. The summed E-state index contributed by atoms with van der Waals surface area (Å²) in [5.41, 5.74) is 5.53. The van der Waals surface area contributed by atoms with Crippen LogP contribution in [-0.4, -0.2) is 23.4 Å². The van der Waals surface area contributed by atoms with Crippen molar-refractivity contribution in [3.63, 3.8) is 0 Å². The molecule has 110 valence electrons. The molecule has 0 aliphatic heterocycles. The van der Waals surface area contributed by atoms with Crippen molar-refractivity contribution in [2.24, 2.45) is 5.73 Å². The van der Waals surface area contributed by atoms with E-state index in [9.17, 15) is 14.0 Å². The monoisotopic (exact) mass is 309 g/mol. The Morgan fingerprint density at radius 3 is 2.86 bits per heavy atom. The van der Waals surface area contributed by atoms with Crippen LogP contribution >= 0.6 is 11.3 Å². The van der Waals surface area contributed by atoms with Crippen LogP contribution < -0.4 is 15.8 Å². The van der Waals surface area contributed by atoms with E-state index in [-0.39, 0.29) is 18.8 Å². The number of ether oxygens (including phenoxy) is 1. The van der Waals surface area contributed by atoms with E-state index >= 15 is 0 Å². The SMILES string of the molecule is NC(=O)Cc1csc(NC(=O)COc2ccccc2F)n1. The number of thiazole rings is 1. The number of nitrogens with one attached hydrogen (secondary N) is 1. The highest BCUT2D eigenvalue weighted by molar-refractivity contribution is 7.13. The van der Waals surface area contributed by atoms with E-state index in [1.54, 1.807) is 11.4 Å². The van der Waals surface area contributed by atoms with Gasteiger partial charge in [-0.15, -0.1) is 11.3 Å². The zero-order chi connectivity index (χ0) is 15.2. The van der Waals surface area contributed by atoms with Crippen molar-refractivity contribution in [1.82, 2.24) is 4.98 Å². The van der Waals surface area contributed by atoms with Gasteiger partial charge in [-0.05, 0) is 12.1 Å². The van der Waals surface area contributed by atoms with Crippen LogP contribution in [0.25, 0.3) is 0 Å². The number of carbonyl (C=O) groups is 2. The number of amides is 2. The van der Waals surface area contributed by atoms with Crippen molar-refractivity contribution in [3.05, 3.63) is 41.2 Å². The normalized spacial score (nSPS) is 10.1. The van der Waals surface area contributed by atoms with Gasteiger partial charge in [-0.3, -0.25) is 14.9 Å². The van der Waals surface area contributed by atoms with Gasteiger partial charge in [0, 0.05) is 5.38 Å². The van der Waals surface area contributed by atoms with Crippen molar-refractivity contribution >= 4 is 28.3 Å². The number of carbonyl (C=O) groups excluding carboxylic acids is 2. The highest BCUT2D eigenvalue weighted by Crippen LogP contribution is 2.17. The van der Waals surface area contributed by atoms with Crippen molar-refractivity contribution in [1.29, 1.82) is 0 Å². The van der Waals surface area contributed by atoms with E-state index in [1.165, 1.54) is 18.2 Å². The number of halogens is 1. The maximum Gasteiger partial charge on any atom is 0.264 e. The van der Waals surface area contributed by atoms with Gasteiger partial charge in [0.15, 0.2) is 23.3 Å². The average Bonchev–Trinajstić information content (AvgIpc) is 2.84. The van der Waals surface area contributed by atoms with Crippen LogP contribution in [0.4, 0.5) is 9.52 Å². The number of primary amides is 1. The molecule has 8 heteroatoms. The van der Waals surface area contributed by atoms with Crippen LogP contribution in [0.3, 0.4) is 0 Å². The lowest BCUT2D eigenvalue weighted by atomic mass is 10.3. The molecule has 0 atom stereocenters. The smallest absolute Gasteiger partial charge is 0.264 e. The molecular formula is C13H12FN3O3S. The first-order valence-corrected chi connectivity index (χ1v) is 6.82. The Morgan fingerprint density at radius 2 is 2.14 bits per heavy atom. The second kappa shape index (κ2) is 6.80. The molecule has 0 bridgehead atoms. The highest BCUT2D eigenvalue weighted by atomic mass is 32.1. The number of benzene rings is 1. The van der Waals surface area contributed by atoms with Crippen molar-refractivity contribution in [3.8, 4) is 5.75 Å². The second-order valence-electron chi connectivity index (χ2n) is 4.05. The number of rotatable bonds is 6. The molecular weight excluding hydrogens is 297 g/mol. The number of nitrogens with zero attached hydrogens (tertiary/aromatic N) is 1. The number of aromatic nitrogens is 1. The first kappa shape index (κ1) is 14.9. The van der Waals surface area contributed by atoms with Crippen LogP contribution in [0.1, 0.15) is 5.69 Å². The van der Waals surface area contributed by atoms with Gasteiger partial charge in [0.05, 0.1) is 12.1 Å². The van der Waals surface area contributed by atoms with Crippen LogP contribution in [0.2, 0.25) is 0 Å². The van der Waals surface area contributed by atoms with Crippen molar-refractivity contribution < 1.29 is 18.7 Å². The van der Waals surface area contributed by atoms with Crippen LogP contribution in [0.5, 0.6) is 5.75 Å². The summed E-state index contributed by atoms with van der Waals surface area (Å²) >= 11 is 1.16. The maximum absolute atomic E-state index is 13.3. The first-order chi connectivity index (χ1) is 10.0. The van der Waals surface area contributed by atoms with Gasteiger partial charge >= 0.3 is 0 Å². The molecule has 0 saturated carbocycles. The minimum absolute atomic E-state index is 0.00112. The molecule has 2 aromatic rings. The third-order valence-electron chi connectivity index (χ3n) is 2.35. The number of hydrogen-bond acceptors (Lipinski definition) is 5. The summed E-state index contributed by atoms with van der Waals surface area (Å²) in [6.07, 6.45) is 0.0120. The molecule has 0 aliphatic rings. The summed E-state index contributed by atoms with van der Waals surface area (Å²) in [6, 6.07) is 5.80. The Balaban J connectivity index is 1.86. The van der Waals surface area contributed by atoms with Gasteiger partial charge in [0.2, 0.25) is 5.91 Å². The Labute approximate surface area is 123 Å². The molecule has 2 amide bonds. The van der Waals surface area contributed by atoms with E-state index in [0.717, 1.165) is 11.3 Å². The Morgan fingerprint density at radius 1 is 1.38 bits per heavy atom. The van der Waals surface area contributed by atoms with Gasteiger partial charge in [0.25, 0.3) is 5.91 Å². The Bertz CT molecular complexity index is 660. The molecule has 1 aromatic heterocycles. The average molecular weight is 309 g/mol. The van der Waals surface area contributed by atoms with Crippen LogP contribution in [0, 0.1) is 5.82 Å². The third kappa shape index (κ3) is 4.53. The number of anilines is 1. The van der Waals surface area contributed by atoms with E-state index in [4.69, 9.17) is 10.5 Å². The molecule has 2 rings (SSSR count). The molecule has 0 radical (unpaired) electrons. The molecule has 1 heterocycles. The van der Waals surface area contributed by atoms with Crippen molar-refractivity contribution in [2.75, 3.05) is 11.9 Å². The molecule has 3 N–H and O–H groups in total. The van der Waals surface area contributed by atoms with Crippen molar-refractivity contribution in [2.45, 2.75) is 6.42 Å². The fourth-order valence-electron chi connectivity index (χ4n) is 1.48. The van der Waals surface area contributed by atoms with Gasteiger partial charge in [-0.25, -0.2) is 9.37 Å². The fourth-order valence-corrected chi connectivity index (χ4v) is 2.21. The van der Waals surface area contributed by atoms with Gasteiger partial charge in [0.1, 0.15) is 0 Å². The Hall–Kier alpha value is -2.48. The van der Waals surface area contributed by atoms with Crippen LogP contribution in [0.15, 0.2) is 29.6 Å². The zero-order valence-electron chi connectivity index (χ0n) is 10.8. The molecule has 0 saturated heterocycles. The zero-order valence-corrected chi connectivity index (χ0v) is 11.7. The fraction of sp³-hybridized carbons (Fsp3) is 0.154. The summed E-state index contributed by atoms with van der Waals surface area (Å²) in [5, 5.41) is 4.44. The van der Waals surface area contributed by atoms with E-state index in [2.05, 4.69) is 10.3 Å². The first-order valence-electron chi connectivity index (χ1n) is 5.94. The minimum atomic E-state index is -0.539. The summed E-state index contributed by atoms with van der Waals surface area (Å²) in [7, 11) is 0. The van der Waals surface area contributed by atoms with Gasteiger partial charge in [-0.2, -0.15) is 0 Å². The quantitative estimate of drug-likeness (QED) is 0.841. The lowest BCUT2D eigenvalue weighted by Gasteiger charge is -2.06. The Kier molecular flexibility index (Phi) is 4.83. The molecule has 0 fully saturated rings. The van der Waals surface area contributed by atoms with E-state index in [1.807, 2.05) is 0 Å². The summed E-state index contributed by atoms with van der Waals surface area (Å²) < 4.78 is 18.3. The second-order valence-corrected chi connectivity index (χ2v) is 4.91. The molecule has 6 nitrogen and oxygen atoms in total. The summed E-state index contributed by atoms with van der Waals surface area (Å²) in [4.78, 5) is 26.4. The van der Waals surface area contributed by atoms with Gasteiger partial charge < -0.3 is 10.5 Å².